The molecule has 0 amide bonds. The van der Waals surface area contributed by atoms with Crippen molar-refractivity contribution in [3.8, 4) is 0 Å². The molecule has 0 aliphatic heterocycles. The van der Waals surface area contributed by atoms with Crippen molar-refractivity contribution in [3.63, 3.8) is 0 Å². The van der Waals surface area contributed by atoms with Crippen molar-refractivity contribution >= 4 is 16.6 Å². The Morgan fingerprint density at radius 1 is 0.842 bits per heavy atom. The topological polar surface area (TPSA) is 43.1 Å². The third-order valence-electron chi connectivity index (χ3n) is 2.72. The SMILES string of the molecule is c1ccc2ncncc2c1.c1ccn2ccnc2c1. The number of rotatable bonds is 0. The molecule has 0 aliphatic rings. The van der Waals surface area contributed by atoms with Gasteiger partial charge in [0.1, 0.15) is 12.0 Å². The molecule has 19 heavy (non-hydrogen) atoms. The molecule has 4 heteroatoms. The van der Waals surface area contributed by atoms with Crippen molar-refractivity contribution in [1.82, 2.24) is 19.4 Å². The molecule has 4 aromatic rings. The van der Waals surface area contributed by atoms with E-state index in [9.17, 15) is 0 Å². The van der Waals surface area contributed by atoms with Gasteiger partial charge in [-0.1, -0.05) is 24.3 Å². The molecule has 4 rings (SSSR count). The minimum absolute atomic E-state index is 0.998. The number of para-hydroxylation sites is 1. The largest absolute Gasteiger partial charge is 0.307 e. The van der Waals surface area contributed by atoms with Crippen LogP contribution in [0.4, 0.5) is 0 Å². The Hall–Kier alpha value is -2.75. The maximum atomic E-state index is 4.08. The minimum atomic E-state index is 0.998. The molecule has 1 aromatic carbocycles. The fourth-order valence-electron chi connectivity index (χ4n) is 1.79. The van der Waals surface area contributed by atoms with E-state index < -0.39 is 0 Å². The lowest BCUT2D eigenvalue weighted by atomic mass is 10.2. The monoisotopic (exact) mass is 248 g/mol. The van der Waals surface area contributed by atoms with Crippen molar-refractivity contribution in [2.24, 2.45) is 0 Å². The number of imidazole rings is 1. The van der Waals surface area contributed by atoms with Gasteiger partial charge in [0, 0.05) is 30.2 Å². The molecule has 0 unspecified atom stereocenters. The quantitative estimate of drug-likeness (QED) is 0.480. The highest BCUT2D eigenvalue weighted by Gasteiger charge is 1.87. The van der Waals surface area contributed by atoms with Crippen LogP contribution in [0.1, 0.15) is 0 Å². The van der Waals surface area contributed by atoms with Gasteiger partial charge in [0.15, 0.2) is 0 Å². The molecule has 0 radical (unpaired) electrons. The van der Waals surface area contributed by atoms with Crippen LogP contribution >= 0.6 is 0 Å². The van der Waals surface area contributed by atoms with E-state index in [2.05, 4.69) is 15.0 Å². The van der Waals surface area contributed by atoms with Crippen molar-refractivity contribution in [2.75, 3.05) is 0 Å². The number of benzene rings is 1. The number of fused-ring (bicyclic) bond motifs is 2. The first-order chi connectivity index (χ1) is 9.43. The highest BCUT2D eigenvalue weighted by Crippen LogP contribution is 2.06. The normalized spacial score (nSPS) is 10.1. The molecule has 0 atom stereocenters. The predicted molar refractivity (Wildman–Crippen MR) is 74.7 cm³/mol. The summed E-state index contributed by atoms with van der Waals surface area (Å²) in [6.07, 6.45) is 9.05. The smallest absolute Gasteiger partial charge is 0.136 e. The first kappa shape index (κ1) is 11.3. The van der Waals surface area contributed by atoms with Gasteiger partial charge >= 0.3 is 0 Å². The van der Waals surface area contributed by atoms with Crippen LogP contribution in [0.3, 0.4) is 0 Å². The van der Waals surface area contributed by atoms with Crippen LogP contribution < -0.4 is 0 Å². The summed E-state index contributed by atoms with van der Waals surface area (Å²) in [6, 6.07) is 13.8. The van der Waals surface area contributed by atoms with E-state index in [0.29, 0.717) is 0 Å². The van der Waals surface area contributed by atoms with Gasteiger partial charge in [-0.2, -0.15) is 0 Å². The van der Waals surface area contributed by atoms with E-state index in [-0.39, 0.29) is 0 Å². The lowest BCUT2D eigenvalue weighted by Gasteiger charge is -1.90. The Labute approximate surface area is 110 Å². The number of aromatic nitrogens is 4. The summed E-state index contributed by atoms with van der Waals surface area (Å²) < 4.78 is 1.97. The fraction of sp³-hybridized carbons (Fsp3) is 0. The number of nitrogens with zero attached hydrogens (tertiary/aromatic N) is 4. The molecule has 3 aromatic heterocycles. The van der Waals surface area contributed by atoms with Gasteiger partial charge in [0.25, 0.3) is 0 Å². The summed E-state index contributed by atoms with van der Waals surface area (Å²) in [5, 5.41) is 1.09. The van der Waals surface area contributed by atoms with Gasteiger partial charge in [-0.05, 0) is 18.2 Å². The van der Waals surface area contributed by atoms with E-state index in [1.165, 1.54) is 0 Å². The Balaban J connectivity index is 0.000000117. The van der Waals surface area contributed by atoms with Crippen LogP contribution in [0.5, 0.6) is 0 Å². The zero-order valence-corrected chi connectivity index (χ0v) is 10.2. The third-order valence-corrected chi connectivity index (χ3v) is 2.72. The Bertz CT molecular complexity index is 696. The lowest BCUT2D eigenvalue weighted by molar-refractivity contribution is 1.19. The van der Waals surface area contributed by atoms with Gasteiger partial charge in [0.2, 0.25) is 0 Å². The molecular weight excluding hydrogens is 236 g/mol. The van der Waals surface area contributed by atoms with Gasteiger partial charge in [-0.3, -0.25) is 0 Å². The van der Waals surface area contributed by atoms with E-state index in [4.69, 9.17) is 0 Å². The number of hydrogen-bond acceptors (Lipinski definition) is 3. The Morgan fingerprint density at radius 3 is 2.63 bits per heavy atom. The van der Waals surface area contributed by atoms with E-state index >= 15 is 0 Å². The van der Waals surface area contributed by atoms with Crippen molar-refractivity contribution in [2.45, 2.75) is 0 Å². The minimum Gasteiger partial charge on any atom is -0.307 e. The van der Waals surface area contributed by atoms with Crippen LogP contribution in [0.15, 0.2) is 73.6 Å². The average Bonchev–Trinajstić information content (AvgIpc) is 2.96. The summed E-state index contributed by atoms with van der Waals surface area (Å²) in [5.41, 5.74) is 2.00. The second-order valence-corrected chi connectivity index (χ2v) is 3.97. The molecule has 0 N–H and O–H groups in total. The van der Waals surface area contributed by atoms with Crippen molar-refractivity contribution in [3.05, 3.63) is 73.6 Å². The van der Waals surface area contributed by atoms with E-state index in [1.54, 1.807) is 12.5 Å². The molecule has 92 valence electrons. The summed E-state index contributed by atoms with van der Waals surface area (Å²) >= 11 is 0. The summed E-state index contributed by atoms with van der Waals surface area (Å²) in [6.45, 7) is 0. The Kier molecular flexibility index (Phi) is 3.14. The summed E-state index contributed by atoms with van der Waals surface area (Å²) in [5.74, 6) is 0. The maximum Gasteiger partial charge on any atom is 0.136 e. The van der Waals surface area contributed by atoms with Gasteiger partial charge in [0.05, 0.1) is 5.52 Å². The molecule has 0 saturated carbocycles. The van der Waals surface area contributed by atoms with Gasteiger partial charge < -0.3 is 4.40 Å². The zero-order chi connectivity index (χ0) is 12.9. The van der Waals surface area contributed by atoms with E-state index in [1.807, 2.05) is 65.5 Å². The van der Waals surface area contributed by atoms with Gasteiger partial charge in [-0.15, -0.1) is 0 Å². The fourth-order valence-corrected chi connectivity index (χ4v) is 1.79. The first-order valence-electron chi connectivity index (χ1n) is 5.96. The van der Waals surface area contributed by atoms with Gasteiger partial charge in [-0.25, -0.2) is 15.0 Å². The zero-order valence-electron chi connectivity index (χ0n) is 10.2. The molecular formula is C15H12N4. The predicted octanol–water partition coefficient (Wildman–Crippen LogP) is 2.96. The first-order valence-corrected chi connectivity index (χ1v) is 5.96. The van der Waals surface area contributed by atoms with Crippen molar-refractivity contribution < 1.29 is 0 Å². The molecule has 0 aliphatic carbocycles. The molecule has 4 nitrogen and oxygen atoms in total. The van der Waals surface area contributed by atoms with Crippen molar-refractivity contribution in [1.29, 1.82) is 0 Å². The number of pyridine rings is 1. The second kappa shape index (κ2) is 5.27. The maximum absolute atomic E-state index is 4.08. The highest BCUT2D eigenvalue weighted by molar-refractivity contribution is 5.76. The van der Waals surface area contributed by atoms with Crippen LogP contribution in [0.25, 0.3) is 16.6 Å². The molecule has 0 saturated heterocycles. The second-order valence-electron chi connectivity index (χ2n) is 3.97. The molecule has 0 bridgehead atoms. The van der Waals surface area contributed by atoms with Crippen LogP contribution in [0, 0.1) is 0 Å². The number of hydrogen-bond donors (Lipinski definition) is 0. The highest BCUT2D eigenvalue weighted by atomic mass is 15.0. The van der Waals surface area contributed by atoms with Crippen LogP contribution in [-0.2, 0) is 0 Å². The standard InChI is InChI=1S/C8H6N2.C7H6N2/c1-2-4-8-7(3-1)5-9-6-10-8;1-2-5-9-6-4-8-7(9)3-1/h1-6H;1-6H. The lowest BCUT2D eigenvalue weighted by Crippen LogP contribution is -1.77. The van der Waals surface area contributed by atoms with E-state index in [0.717, 1.165) is 16.6 Å². The van der Waals surface area contributed by atoms with Crippen LogP contribution in [-0.4, -0.2) is 19.4 Å². The average molecular weight is 248 g/mol. The molecule has 0 spiro atoms. The third kappa shape index (κ3) is 2.57. The van der Waals surface area contributed by atoms with Crippen LogP contribution in [0.2, 0.25) is 0 Å². The summed E-state index contributed by atoms with van der Waals surface area (Å²) in [4.78, 5) is 12.1. The Morgan fingerprint density at radius 2 is 1.74 bits per heavy atom. The molecule has 3 heterocycles. The summed E-state index contributed by atoms with van der Waals surface area (Å²) in [7, 11) is 0. The molecule has 0 fully saturated rings.